The minimum absolute atomic E-state index is 0.0813. The lowest BCUT2D eigenvalue weighted by Gasteiger charge is -2.47. The first-order chi connectivity index (χ1) is 22.2. The lowest BCUT2D eigenvalue weighted by atomic mass is 10.0. The van der Waals surface area contributed by atoms with Gasteiger partial charge in [-0.1, -0.05) is 42.5 Å². The second-order valence-corrected chi connectivity index (χ2v) is 12.7. The number of anilines is 1. The maximum atomic E-state index is 14.6. The van der Waals surface area contributed by atoms with E-state index in [4.69, 9.17) is 9.47 Å². The molecule has 4 heterocycles. The Morgan fingerprint density at radius 2 is 1.72 bits per heavy atom. The van der Waals surface area contributed by atoms with Gasteiger partial charge in [0.2, 0.25) is 11.8 Å². The topological polar surface area (TPSA) is 98.7 Å². The predicted octanol–water partition coefficient (Wildman–Crippen LogP) is 3.92. The lowest BCUT2D eigenvalue weighted by Crippen LogP contribution is -2.64. The number of carbonyl (C=O) groups is 2. The summed E-state index contributed by atoms with van der Waals surface area (Å²) in [5.41, 5.74) is 3.53. The number of hydrogen-bond acceptors (Lipinski definition) is 7. The normalized spacial score (nSPS) is 23.9. The minimum atomic E-state index is -0.941. The van der Waals surface area contributed by atoms with Crippen molar-refractivity contribution < 1.29 is 28.6 Å². The molecule has 2 fully saturated rings. The quantitative estimate of drug-likeness (QED) is 0.400. The molecule has 1 aromatic heterocycles. The summed E-state index contributed by atoms with van der Waals surface area (Å²) in [5, 5.41) is 9.94. The number of ether oxygens (including phenoxy) is 2. The van der Waals surface area contributed by atoms with E-state index in [2.05, 4.69) is 21.7 Å². The van der Waals surface area contributed by atoms with Gasteiger partial charge in [0.05, 0.1) is 25.8 Å². The molecule has 11 heteroatoms. The van der Waals surface area contributed by atoms with E-state index in [9.17, 15) is 19.1 Å². The van der Waals surface area contributed by atoms with Crippen LogP contribution in [0.4, 0.5) is 14.9 Å². The molecule has 1 N–H and O–H groups in total. The summed E-state index contributed by atoms with van der Waals surface area (Å²) in [6.45, 7) is 7.89. The number of carbonyl (C=O) groups excluding carboxylic acids is 1. The van der Waals surface area contributed by atoms with Crippen LogP contribution < -0.4 is 9.64 Å². The van der Waals surface area contributed by atoms with Gasteiger partial charge in [0.1, 0.15) is 18.1 Å². The third kappa shape index (κ3) is 7.32. The fourth-order valence-corrected chi connectivity index (χ4v) is 6.82. The largest absolute Gasteiger partial charge is 0.474 e. The van der Waals surface area contributed by atoms with Crippen molar-refractivity contribution in [2.75, 3.05) is 57.4 Å². The van der Waals surface area contributed by atoms with Crippen molar-refractivity contribution in [3.05, 3.63) is 89.4 Å². The fraction of sp³-hybridized carbons (Fsp3) is 0.457. The van der Waals surface area contributed by atoms with E-state index in [1.165, 1.54) is 17.0 Å². The number of hydrogen-bond donors (Lipinski definition) is 1. The van der Waals surface area contributed by atoms with Gasteiger partial charge >= 0.3 is 6.09 Å². The molecule has 4 atom stereocenters. The highest BCUT2D eigenvalue weighted by Crippen LogP contribution is 2.35. The summed E-state index contributed by atoms with van der Waals surface area (Å²) in [4.78, 5) is 39.1. The minimum Gasteiger partial charge on any atom is -0.474 e. The van der Waals surface area contributed by atoms with Gasteiger partial charge in [-0.3, -0.25) is 19.5 Å². The van der Waals surface area contributed by atoms with Crippen molar-refractivity contribution in [2.24, 2.45) is 0 Å². The number of amides is 2. The average molecular weight is 632 g/mol. The molecule has 0 unspecified atom stereocenters. The van der Waals surface area contributed by atoms with Crippen molar-refractivity contribution in [1.82, 2.24) is 19.7 Å². The molecule has 0 spiro atoms. The molecule has 0 radical (unpaired) electrons. The van der Waals surface area contributed by atoms with E-state index in [1.807, 2.05) is 48.2 Å². The third-order valence-corrected chi connectivity index (χ3v) is 9.32. The number of fused-ring (bicyclic) bond motifs is 1. The van der Waals surface area contributed by atoms with E-state index in [0.717, 1.165) is 23.2 Å². The van der Waals surface area contributed by atoms with Gasteiger partial charge in [-0.05, 0) is 61.6 Å². The number of piperazine rings is 1. The predicted molar refractivity (Wildman–Crippen MR) is 172 cm³/mol. The zero-order valence-corrected chi connectivity index (χ0v) is 26.4. The zero-order chi connectivity index (χ0) is 32.2. The number of aromatic nitrogens is 1. The first-order valence-electron chi connectivity index (χ1n) is 16.0. The first kappa shape index (κ1) is 31.9. The van der Waals surface area contributed by atoms with Crippen LogP contribution in [0.15, 0.2) is 66.9 Å². The molecular formula is C35H42FN5O5. The number of nitrogens with zero attached hydrogens (tertiary/aromatic N) is 5. The smallest absolute Gasteiger partial charge is 0.407 e. The number of benzene rings is 2. The Bertz CT molecular complexity index is 1510. The molecule has 0 bridgehead atoms. The molecule has 0 saturated carbocycles. The molecule has 244 valence electrons. The first-order valence-corrected chi connectivity index (χ1v) is 16.0. The molecule has 3 aromatic rings. The van der Waals surface area contributed by atoms with E-state index < -0.39 is 6.09 Å². The molecule has 3 aliphatic heterocycles. The Hall–Kier alpha value is -4.06. The summed E-state index contributed by atoms with van der Waals surface area (Å²) >= 11 is 0. The van der Waals surface area contributed by atoms with Crippen molar-refractivity contribution in [3.8, 4) is 5.88 Å². The summed E-state index contributed by atoms with van der Waals surface area (Å²) in [5.74, 6) is 0.0339. The monoisotopic (exact) mass is 631 g/mol. The Kier molecular flexibility index (Phi) is 9.81. The van der Waals surface area contributed by atoms with Crippen LogP contribution in [0, 0.1) is 5.82 Å². The standard InChI is InChI=1S/C35H42FN5O5/c1-24-18-39(31(20-40(24)35(43)44)19-38-12-13-45-22-25(38)2)21-33(42)41-30(15-26-6-4-3-5-7-26)23-46-34-32(41)16-28(17-37-34)14-27-8-10-29(36)11-9-27/h3-11,16-17,24-25,30-31H,12-15,18-23H2,1-2H3,(H,43,44)/t24-,25-,30+,31+/m1/s1. The van der Waals surface area contributed by atoms with Crippen LogP contribution in [0.2, 0.25) is 0 Å². The number of carboxylic acid groups (broad SMARTS) is 1. The van der Waals surface area contributed by atoms with Crippen molar-refractivity contribution in [3.63, 3.8) is 0 Å². The second kappa shape index (κ2) is 14.1. The van der Waals surface area contributed by atoms with Crippen LogP contribution >= 0.6 is 0 Å². The SMILES string of the molecule is C[C@@H]1COCCN1C[C@H]1CN(C(=O)O)[C@H](C)CN1CC(=O)N1c2cc(Cc3ccc(F)cc3)cnc2OC[C@@H]1Cc1ccccc1. The van der Waals surface area contributed by atoms with E-state index >= 15 is 0 Å². The van der Waals surface area contributed by atoms with Gasteiger partial charge in [-0.15, -0.1) is 0 Å². The van der Waals surface area contributed by atoms with Crippen molar-refractivity contribution in [1.29, 1.82) is 0 Å². The highest BCUT2D eigenvalue weighted by molar-refractivity contribution is 5.97. The van der Waals surface area contributed by atoms with Gasteiger partial charge in [0, 0.05) is 50.5 Å². The van der Waals surface area contributed by atoms with Crippen LogP contribution in [-0.4, -0.2) is 114 Å². The Morgan fingerprint density at radius 3 is 2.46 bits per heavy atom. The number of pyridine rings is 1. The van der Waals surface area contributed by atoms with Crippen molar-refractivity contribution >= 4 is 17.7 Å². The Morgan fingerprint density at radius 1 is 0.935 bits per heavy atom. The third-order valence-electron chi connectivity index (χ3n) is 9.32. The van der Waals surface area contributed by atoms with Gasteiger partial charge in [-0.2, -0.15) is 0 Å². The highest BCUT2D eigenvalue weighted by atomic mass is 19.1. The summed E-state index contributed by atoms with van der Waals surface area (Å²) in [6.07, 6.45) is 1.93. The maximum absolute atomic E-state index is 14.6. The van der Waals surface area contributed by atoms with Gasteiger partial charge in [0.15, 0.2) is 0 Å². The zero-order valence-electron chi connectivity index (χ0n) is 26.4. The van der Waals surface area contributed by atoms with E-state index in [0.29, 0.717) is 63.9 Å². The second-order valence-electron chi connectivity index (χ2n) is 12.7. The number of morpholine rings is 1. The lowest BCUT2D eigenvalue weighted by molar-refractivity contribution is -0.122. The Labute approximate surface area is 269 Å². The summed E-state index contributed by atoms with van der Waals surface area (Å²) in [7, 11) is 0. The van der Waals surface area contributed by atoms with Gasteiger partial charge < -0.3 is 19.5 Å². The number of halogens is 1. The fourth-order valence-electron chi connectivity index (χ4n) is 6.82. The molecule has 0 aliphatic carbocycles. The van der Waals surface area contributed by atoms with Crippen LogP contribution in [0.25, 0.3) is 0 Å². The molecule has 2 amide bonds. The van der Waals surface area contributed by atoms with E-state index in [-0.39, 0.29) is 42.4 Å². The van der Waals surface area contributed by atoms with E-state index in [1.54, 1.807) is 18.3 Å². The van der Waals surface area contributed by atoms with Gasteiger partial charge in [0.25, 0.3) is 0 Å². The maximum Gasteiger partial charge on any atom is 0.407 e. The highest BCUT2D eigenvalue weighted by Gasteiger charge is 2.40. The average Bonchev–Trinajstić information content (AvgIpc) is 3.04. The summed E-state index contributed by atoms with van der Waals surface area (Å²) < 4.78 is 25.3. The van der Waals surface area contributed by atoms with Crippen LogP contribution in [0.3, 0.4) is 0 Å². The van der Waals surface area contributed by atoms with Crippen LogP contribution in [-0.2, 0) is 22.4 Å². The molecule has 46 heavy (non-hydrogen) atoms. The molecule has 6 rings (SSSR count). The molecule has 10 nitrogen and oxygen atoms in total. The molecular weight excluding hydrogens is 589 g/mol. The van der Waals surface area contributed by atoms with Crippen LogP contribution in [0.5, 0.6) is 5.88 Å². The van der Waals surface area contributed by atoms with Gasteiger partial charge in [-0.25, -0.2) is 14.2 Å². The summed E-state index contributed by atoms with van der Waals surface area (Å²) in [6, 6.07) is 17.9. The Balaban J connectivity index is 1.29. The number of rotatable bonds is 8. The molecule has 2 aromatic carbocycles. The van der Waals surface area contributed by atoms with Crippen molar-refractivity contribution in [2.45, 2.75) is 50.9 Å². The molecule has 2 saturated heterocycles. The van der Waals surface area contributed by atoms with Crippen LogP contribution in [0.1, 0.15) is 30.5 Å². The molecule has 3 aliphatic rings.